The van der Waals surface area contributed by atoms with E-state index in [0.717, 1.165) is 28.1 Å². The molecule has 0 amide bonds. The van der Waals surface area contributed by atoms with Gasteiger partial charge in [-0.3, -0.25) is 4.98 Å². The van der Waals surface area contributed by atoms with Crippen LogP contribution in [0.2, 0.25) is 0 Å². The van der Waals surface area contributed by atoms with Gasteiger partial charge in [0.1, 0.15) is 11.6 Å². The van der Waals surface area contributed by atoms with Crippen LogP contribution in [0.4, 0.5) is 5.82 Å². The van der Waals surface area contributed by atoms with Gasteiger partial charge >= 0.3 is 0 Å². The zero-order valence-corrected chi connectivity index (χ0v) is 12.8. The zero-order valence-electron chi connectivity index (χ0n) is 12.8. The molecule has 2 heterocycles. The maximum absolute atomic E-state index is 4.67. The van der Waals surface area contributed by atoms with Crippen LogP contribution in [0.15, 0.2) is 48.8 Å². The molecule has 5 nitrogen and oxygen atoms in total. The summed E-state index contributed by atoms with van der Waals surface area (Å²) >= 11 is 0. The van der Waals surface area contributed by atoms with E-state index in [4.69, 9.17) is 0 Å². The molecule has 2 aromatic heterocycles. The molecule has 0 fully saturated rings. The van der Waals surface area contributed by atoms with E-state index in [0.29, 0.717) is 13.1 Å². The molecule has 1 aromatic carbocycles. The topological polar surface area (TPSA) is 53.9 Å². The molecular formula is C17H19N5. The maximum atomic E-state index is 4.67. The van der Waals surface area contributed by atoms with Gasteiger partial charge in [0.15, 0.2) is 0 Å². The first kappa shape index (κ1) is 14.4. The van der Waals surface area contributed by atoms with Crippen molar-refractivity contribution < 1.29 is 0 Å². The van der Waals surface area contributed by atoms with Crippen molar-refractivity contribution in [2.45, 2.75) is 13.1 Å². The summed E-state index contributed by atoms with van der Waals surface area (Å²) in [5.41, 5.74) is 2.09. The van der Waals surface area contributed by atoms with Crippen molar-refractivity contribution >= 4 is 16.7 Å². The third-order valence-electron chi connectivity index (χ3n) is 3.29. The Morgan fingerprint density at radius 2 is 1.91 bits per heavy atom. The summed E-state index contributed by atoms with van der Waals surface area (Å²) in [4.78, 5) is 15.5. The zero-order chi connectivity index (χ0) is 15.4. The summed E-state index contributed by atoms with van der Waals surface area (Å²) in [6, 6.07) is 12.1. The van der Waals surface area contributed by atoms with Crippen LogP contribution >= 0.6 is 0 Å². The molecule has 3 rings (SSSR count). The molecule has 3 aromatic rings. The summed E-state index contributed by atoms with van der Waals surface area (Å²) < 4.78 is 0. The molecule has 1 N–H and O–H groups in total. The molecule has 5 heteroatoms. The number of pyridine rings is 1. The number of rotatable bonds is 5. The fraction of sp³-hybridized carbons (Fsp3) is 0.235. The number of fused-ring (bicyclic) bond motifs is 1. The number of benzene rings is 1. The average Bonchev–Trinajstić information content (AvgIpc) is 2.53. The molecule has 0 radical (unpaired) electrons. The van der Waals surface area contributed by atoms with Crippen LogP contribution in [-0.2, 0) is 13.1 Å². The normalized spacial score (nSPS) is 11.0. The first-order valence-electron chi connectivity index (χ1n) is 7.25. The molecule has 22 heavy (non-hydrogen) atoms. The first-order chi connectivity index (χ1) is 10.7. The lowest BCUT2D eigenvalue weighted by Gasteiger charge is -2.13. The van der Waals surface area contributed by atoms with E-state index < -0.39 is 0 Å². The van der Waals surface area contributed by atoms with Gasteiger partial charge in [-0.15, -0.1) is 0 Å². The van der Waals surface area contributed by atoms with Gasteiger partial charge in [0.05, 0.1) is 12.1 Å². The maximum Gasteiger partial charge on any atom is 0.145 e. The van der Waals surface area contributed by atoms with Crippen LogP contribution in [0.25, 0.3) is 10.9 Å². The van der Waals surface area contributed by atoms with Gasteiger partial charge in [0, 0.05) is 24.3 Å². The minimum atomic E-state index is 0.691. The van der Waals surface area contributed by atoms with Crippen LogP contribution in [0.1, 0.15) is 11.4 Å². The Hall–Kier alpha value is -2.53. The van der Waals surface area contributed by atoms with Crippen LogP contribution in [-0.4, -0.2) is 33.9 Å². The molecule has 0 aliphatic carbocycles. The second kappa shape index (κ2) is 6.49. The molecule has 0 unspecified atom stereocenters. The van der Waals surface area contributed by atoms with Crippen molar-refractivity contribution in [2.24, 2.45) is 0 Å². The summed E-state index contributed by atoms with van der Waals surface area (Å²) in [5, 5.41) is 4.44. The van der Waals surface area contributed by atoms with E-state index in [1.807, 2.05) is 56.7 Å². The molecule has 0 aliphatic heterocycles. The monoisotopic (exact) mass is 293 g/mol. The van der Waals surface area contributed by atoms with Crippen molar-refractivity contribution in [3.05, 3.63) is 60.2 Å². The number of nitrogens with one attached hydrogen (secondary N) is 1. The Morgan fingerprint density at radius 3 is 2.68 bits per heavy atom. The second-order valence-electron chi connectivity index (χ2n) is 5.46. The Bertz CT molecular complexity index is 755. The predicted molar refractivity (Wildman–Crippen MR) is 88.5 cm³/mol. The molecular weight excluding hydrogens is 274 g/mol. The molecule has 0 atom stereocenters. The lowest BCUT2D eigenvalue weighted by molar-refractivity contribution is 0.391. The third kappa shape index (κ3) is 3.38. The van der Waals surface area contributed by atoms with E-state index in [2.05, 4.69) is 25.2 Å². The van der Waals surface area contributed by atoms with E-state index in [9.17, 15) is 0 Å². The molecule has 0 bridgehead atoms. The highest BCUT2D eigenvalue weighted by Crippen LogP contribution is 2.21. The Labute approximate surface area is 130 Å². The Balaban J connectivity index is 1.92. The fourth-order valence-electron chi connectivity index (χ4n) is 2.30. The molecule has 112 valence electrons. The summed E-state index contributed by atoms with van der Waals surface area (Å²) in [7, 11) is 4.03. The summed E-state index contributed by atoms with van der Waals surface area (Å²) in [6.45, 7) is 1.41. The van der Waals surface area contributed by atoms with Crippen molar-refractivity contribution in [3.63, 3.8) is 0 Å². The largest absolute Gasteiger partial charge is 0.365 e. The molecule has 0 saturated carbocycles. The van der Waals surface area contributed by atoms with Gasteiger partial charge < -0.3 is 10.2 Å². The first-order valence-corrected chi connectivity index (χ1v) is 7.25. The predicted octanol–water partition coefficient (Wildman–Crippen LogP) is 2.70. The third-order valence-corrected chi connectivity index (χ3v) is 3.29. The highest BCUT2D eigenvalue weighted by atomic mass is 15.1. The van der Waals surface area contributed by atoms with E-state index >= 15 is 0 Å². The van der Waals surface area contributed by atoms with Crippen molar-refractivity contribution in [1.82, 2.24) is 19.9 Å². The molecule has 0 aliphatic rings. The minimum absolute atomic E-state index is 0.691. The van der Waals surface area contributed by atoms with E-state index in [1.54, 1.807) is 6.20 Å². The quantitative estimate of drug-likeness (QED) is 0.784. The minimum Gasteiger partial charge on any atom is -0.365 e. The number of anilines is 1. The lowest BCUT2D eigenvalue weighted by atomic mass is 10.2. The van der Waals surface area contributed by atoms with Gasteiger partial charge in [-0.05, 0) is 37.9 Å². The van der Waals surface area contributed by atoms with Crippen molar-refractivity contribution in [2.75, 3.05) is 19.4 Å². The standard InChI is InChI=1S/C17H19N5/c1-22(2)12-16-20-15-8-4-3-7-14(15)17(21-16)19-11-13-6-5-9-18-10-13/h3-10H,11-12H2,1-2H3,(H,19,20,21). The van der Waals surface area contributed by atoms with Gasteiger partial charge in [-0.1, -0.05) is 18.2 Å². The SMILES string of the molecule is CN(C)Cc1nc(NCc2cccnc2)c2ccccc2n1. The number of hydrogen-bond acceptors (Lipinski definition) is 5. The average molecular weight is 293 g/mol. The smallest absolute Gasteiger partial charge is 0.145 e. The van der Waals surface area contributed by atoms with Gasteiger partial charge in [-0.25, -0.2) is 9.97 Å². The fourth-order valence-corrected chi connectivity index (χ4v) is 2.30. The summed E-state index contributed by atoms with van der Waals surface area (Å²) in [5.74, 6) is 1.68. The number of nitrogens with zero attached hydrogens (tertiary/aromatic N) is 4. The molecule has 0 saturated heterocycles. The van der Waals surface area contributed by atoms with Crippen LogP contribution in [0.3, 0.4) is 0 Å². The Morgan fingerprint density at radius 1 is 1.05 bits per heavy atom. The van der Waals surface area contributed by atoms with Crippen LogP contribution in [0, 0.1) is 0 Å². The van der Waals surface area contributed by atoms with Crippen molar-refractivity contribution in [3.8, 4) is 0 Å². The van der Waals surface area contributed by atoms with Crippen molar-refractivity contribution in [1.29, 1.82) is 0 Å². The highest BCUT2D eigenvalue weighted by molar-refractivity contribution is 5.88. The number of hydrogen-bond donors (Lipinski definition) is 1. The Kier molecular flexibility index (Phi) is 4.25. The van der Waals surface area contributed by atoms with Gasteiger partial charge in [0.25, 0.3) is 0 Å². The van der Waals surface area contributed by atoms with E-state index in [-0.39, 0.29) is 0 Å². The number of aromatic nitrogens is 3. The molecule has 0 spiro atoms. The number of para-hydroxylation sites is 1. The van der Waals surface area contributed by atoms with Gasteiger partial charge in [-0.2, -0.15) is 0 Å². The second-order valence-corrected chi connectivity index (χ2v) is 5.46. The highest BCUT2D eigenvalue weighted by Gasteiger charge is 2.08. The van der Waals surface area contributed by atoms with Crippen LogP contribution in [0.5, 0.6) is 0 Å². The summed E-state index contributed by atoms with van der Waals surface area (Å²) in [6.07, 6.45) is 3.63. The lowest BCUT2D eigenvalue weighted by Crippen LogP contribution is -2.14. The van der Waals surface area contributed by atoms with Crippen LogP contribution < -0.4 is 5.32 Å². The van der Waals surface area contributed by atoms with Gasteiger partial charge in [0.2, 0.25) is 0 Å². The van der Waals surface area contributed by atoms with E-state index in [1.165, 1.54) is 0 Å².